The summed E-state index contributed by atoms with van der Waals surface area (Å²) in [6, 6.07) is 9.14. The highest BCUT2D eigenvalue weighted by atomic mass is 16.6. The summed E-state index contributed by atoms with van der Waals surface area (Å²) in [4.78, 5) is 9.62. The molecule has 5 nitrogen and oxygen atoms in total. The molecule has 0 fully saturated rings. The van der Waals surface area contributed by atoms with E-state index in [9.17, 15) is 10.1 Å². The van der Waals surface area contributed by atoms with Gasteiger partial charge in [0.1, 0.15) is 12.7 Å². The maximum absolute atomic E-state index is 10.1. The van der Waals surface area contributed by atoms with Crippen LogP contribution in [-0.2, 0) is 4.74 Å². The lowest BCUT2D eigenvalue weighted by Gasteiger charge is -2.14. The normalized spacial score (nSPS) is 12.3. The average molecular weight is 211 g/mol. The minimum atomic E-state index is -0.480. The van der Waals surface area contributed by atoms with Gasteiger partial charge in [-0.2, -0.15) is 0 Å². The molecule has 1 rings (SSSR count). The van der Waals surface area contributed by atoms with Gasteiger partial charge in [0, 0.05) is 4.92 Å². The lowest BCUT2D eigenvalue weighted by molar-refractivity contribution is -0.484. The Morgan fingerprint density at radius 2 is 2.07 bits per heavy atom. The summed E-state index contributed by atoms with van der Waals surface area (Å²) < 4.78 is 5.20. The van der Waals surface area contributed by atoms with Gasteiger partial charge in [-0.05, 0) is 5.56 Å². The van der Waals surface area contributed by atoms with E-state index in [0.29, 0.717) is 0 Å². The summed E-state index contributed by atoms with van der Waals surface area (Å²) in [5, 5.41) is 19.1. The van der Waals surface area contributed by atoms with Crippen LogP contribution in [0.5, 0.6) is 0 Å². The van der Waals surface area contributed by atoms with Crippen molar-refractivity contribution >= 4 is 0 Å². The van der Waals surface area contributed by atoms with Crippen molar-refractivity contribution in [2.45, 2.75) is 6.10 Å². The number of rotatable bonds is 6. The first-order chi connectivity index (χ1) is 7.24. The Bertz CT molecular complexity index is 302. The van der Waals surface area contributed by atoms with Crippen LogP contribution in [0.1, 0.15) is 11.7 Å². The summed E-state index contributed by atoms with van der Waals surface area (Å²) in [7, 11) is 0. The van der Waals surface area contributed by atoms with E-state index in [1.165, 1.54) is 0 Å². The third-order valence-electron chi connectivity index (χ3n) is 1.93. The Morgan fingerprint density at radius 1 is 1.40 bits per heavy atom. The summed E-state index contributed by atoms with van der Waals surface area (Å²) in [6.45, 7) is -0.418. The van der Waals surface area contributed by atoms with E-state index in [4.69, 9.17) is 9.84 Å². The standard InChI is InChI=1S/C10H13NO4/c12-8-10(15-7-6-11(13)14)9-4-2-1-3-5-9/h1-5,10,12H,6-8H2. The minimum Gasteiger partial charge on any atom is -0.393 e. The van der Waals surface area contributed by atoms with Crippen LogP contribution >= 0.6 is 0 Å². The van der Waals surface area contributed by atoms with Crippen molar-refractivity contribution < 1.29 is 14.8 Å². The molecule has 1 aromatic rings. The number of hydrogen-bond donors (Lipinski definition) is 1. The Labute approximate surface area is 87.5 Å². The monoisotopic (exact) mass is 211 g/mol. The highest BCUT2D eigenvalue weighted by Gasteiger charge is 2.11. The highest BCUT2D eigenvalue weighted by molar-refractivity contribution is 5.17. The average Bonchev–Trinajstić information content (AvgIpc) is 2.25. The second kappa shape index (κ2) is 6.10. The van der Waals surface area contributed by atoms with Crippen LogP contribution in [0, 0.1) is 10.1 Å². The number of nitrogens with zero attached hydrogens (tertiary/aromatic N) is 1. The van der Waals surface area contributed by atoms with Gasteiger partial charge in [-0.25, -0.2) is 0 Å². The smallest absolute Gasteiger partial charge is 0.226 e. The Kier molecular flexibility index (Phi) is 4.73. The van der Waals surface area contributed by atoms with Crippen LogP contribution in [0.2, 0.25) is 0 Å². The maximum atomic E-state index is 10.1. The number of nitro groups is 1. The summed E-state index contributed by atoms with van der Waals surface area (Å²) >= 11 is 0. The number of hydrogen-bond acceptors (Lipinski definition) is 4. The zero-order valence-electron chi connectivity index (χ0n) is 8.20. The maximum Gasteiger partial charge on any atom is 0.226 e. The Hall–Kier alpha value is -1.46. The SMILES string of the molecule is O=[N+]([O-])CCOC(CO)c1ccccc1. The molecule has 1 atom stereocenters. The number of ether oxygens (including phenoxy) is 1. The second-order valence-electron chi connectivity index (χ2n) is 3.01. The third kappa shape index (κ3) is 4.05. The van der Waals surface area contributed by atoms with Crippen LogP contribution in [-0.4, -0.2) is 29.8 Å². The molecule has 0 heterocycles. The Morgan fingerprint density at radius 3 is 2.60 bits per heavy atom. The van der Waals surface area contributed by atoms with Crippen molar-refractivity contribution in [2.75, 3.05) is 19.8 Å². The van der Waals surface area contributed by atoms with Crippen LogP contribution in [0.15, 0.2) is 30.3 Å². The third-order valence-corrected chi connectivity index (χ3v) is 1.93. The van der Waals surface area contributed by atoms with Crippen LogP contribution in [0.25, 0.3) is 0 Å². The molecule has 0 saturated heterocycles. The molecular formula is C10H13NO4. The number of benzene rings is 1. The van der Waals surface area contributed by atoms with Gasteiger partial charge in [0.05, 0.1) is 6.61 Å². The molecule has 0 spiro atoms. The fourth-order valence-corrected chi connectivity index (χ4v) is 1.19. The van der Waals surface area contributed by atoms with Gasteiger partial charge < -0.3 is 9.84 Å². The molecule has 1 unspecified atom stereocenters. The molecule has 0 aliphatic carbocycles. The first kappa shape index (κ1) is 11.6. The molecule has 0 radical (unpaired) electrons. The van der Waals surface area contributed by atoms with Gasteiger partial charge in [0.25, 0.3) is 0 Å². The van der Waals surface area contributed by atoms with Crippen molar-refractivity contribution in [3.05, 3.63) is 46.0 Å². The van der Waals surface area contributed by atoms with Crippen molar-refractivity contribution in [2.24, 2.45) is 0 Å². The largest absolute Gasteiger partial charge is 0.393 e. The topological polar surface area (TPSA) is 72.6 Å². The molecule has 82 valence electrons. The van der Waals surface area contributed by atoms with Gasteiger partial charge >= 0.3 is 0 Å². The van der Waals surface area contributed by atoms with Gasteiger partial charge in [0.15, 0.2) is 0 Å². The molecule has 0 aromatic heterocycles. The zero-order chi connectivity index (χ0) is 11.1. The van der Waals surface area contributed by atoms with E-state index in [1.54, 1.807) is 0 Å². The van der Waals surface area contributed by atoms with Gasteiger partial charge in [0.2, 0.25) is 6.54 Å². The molecule has 0 amide bonds. The number of aliphatic hydroxyl groups is 1. The van der Waals surface area contributed by atoms with E-state index in [-0.39, 0.29) is 19.8 Å². The van der Waals surface area contributed by atoms with E-state index >= 15 is 0 Å². The highest BCUT2D eigenvalue weighted by Crippen LogP contribution is 2.15. The quantitative estimate of drug-likeness (QED) is 0.563. The van der Waals surface area contributed by atoms with Crippen molar-refractivity contribution in [3.8, 4) is 0 Å². The predicted octanol–water partition coefficient (Wildman–Crippen LogP) is 1.01. The summed E-state index contributed by atoms with van der Waals surface area (Å²) in [5.74, 6) is 0. The first-order valence-corrected chi connectivity index (χ1v) is 4.63. The molecule has 5 heteroatoms. The molecule has 1 N–H and O–H groups in total. The van der Waals surface area contributed by atoms with Gasteiger partial charge in [-0.1, -0.05) is 30.3 Å². The first-order valence-electron chi connectivity index (χ1n) is 4.63. The van der Waals surface area contributed by atoms with E-state index in [1.807, 2.05) is 30.3 Å². The lowest BCUT2D eigenvalue weighted by atomic mass is 10.1. The van der Waals surface area contributed by atoms with E-state index in [0.717, 1.165) is 5.56 Å². The summed E-state index contributed by atoms with van der Waals surface area (Å²) in [5.41, 5.74) is 0.823. The number of aliphatic hydroxyl groups excluding tert-OH is 1. The predicted molar refractivity (Wildman–Crippen MR) is 54.1 cm³/mol. The molecule has 0 bridgehead atoms. The van der Waals surface area contributed by atoms with Crippen LogP contribution < -0.4 is 0 Å². The lowest BCUT2D eigenvalue weighted by Crippen LogP contribution is -2.15. The fraction of sp³-hybridized carbons (Fsp3) is 0.400. The van der Waals surface area contributed by atoms with Crippen molar-refractivity contribution in [3.63, 3.8) is 0 Å². The fourth-order valence-electron chi connectivity index (χ4n) is 1.19. The minimum absolute atomic E-state index is 0.00706. The van der Waals surface area contributed by atoms with Crippen molar-refractivity contribution in [1.29, 1.82) is 0 Å². The van der Waals surface area contributed by atoms with Gasteiger partial charge in [-0.15, -0.1) is 0 Å². The summed E-state index contributed by atoms with van der Waals surface area (Å²) in [6.07, 6.45) is -0.480. The molecule has 15 heavy (non-hydrogen) atoms. The van der Waals surface area contributed by atoms with Crippen LogP contribution in [0.4, 0.5) is 0 Å². The molecule has 0 aliphatic heterocycles. The van der Waals surface area contributed by atoms with E-state index in [2.05, 4.69) is 0 Å². The van der Waals surface area contributed by atoms with Crippen molar-refractivity contribution in [1.82, 2.24) is 0 Å². The molecule has 0 saturated carbocycles. The van der Waals surface area contributed by atoms with Gasteiger partial charge in [-0.3, -0.25) is 10.1 Å². The molecular weight excluding hydrogens is 198 g/mol. The second-order valence-corrected chi connectivity index (χ2v) is 3.01. The van der Waals surface area contributed by atoms with Crippen LogP contribution in [0.3, 0.4) is 0 Å². The molecule has 1 aromatic carbocycles. The Balaban J connectivity index is 2.46. The zero-order valence-corrected chi connectivity index (χ0v) is 8.20. The van der Waals surface area contributed by atoms with E-state index < -0.39 is 11.0 Å². The molecule has 0 aliphatic rings.